The van der Waals surface area contributed by atoms with Gasteiger partial charge in [0, 0.05) is 18.1 Å². The van der Waals surface area contributed by atoms with Gasteiger partial charge in [-0.3, -0.25) is 4.79 Å². The number of carbonyl (C=O) groups is 2. The van der Waals surface area contributed by atoms with Crippen molar-refractivity contribution in [1.82, 2.24) is 4.90 Å². The molecule has 1 heterocycles. The van der Waals surface area contributed by atoms with Crippen LogP contribution in [0.3, 0.4) is 0 Å². The molecule has 8 heteroatoms. The molecule has 1 unspecified atom stereocenters. The number of ether oxygens (including phenoxy) is 1. The number of halogens is 3. The number of amides is 1. The summed E-state index contributed by atoms with van der Waals surface area (Å²) in [7, 11) is 0. The van der Waals surface area contributed by atoms with Crippen molar-refractivity contribution in [2.24, 2.45) is 0 Å². The number of para-hydroxylation sites is 1. The van der Waals surface area contributed by atoms with Crippen molar-refractivity contribution in [3.8, 4) is 5.75 Å². The summed E-state index contributed by atoms with van der Waals surface area (Å²) in [6, 6.07) is 8.40. The van der Waals surface area contributed by atoms with Crippen LogP contribution in [0.4, 0.5) is 8.78 Å². The molecule has 2 aromatic rings. The summed E-state index contributed by atoms with van der Waals surface area (Å²) in [6.45, 7) is -0.156. The minimum absolute atomic E-state index is 0.156. The van der Waals surface area contributed by atoms with Gasteiger partial charge in [-0.25, -0.2) is 13.6 Å². The Morgan fingerprint density at radius 3 is 2.48 bits per heavy atom. The van der Waals surface area contributed by atoms with Crippen LogP contribution in [-0.2, 0) is 16.0 Å². The summed E-state index contributed by atoms with van der Waals surface area (Å²) in [5.41, 5.74) is -0.391. The summed E-state index contributed by atoms with van der Waals surface area (Å²) < 4.78 is 33.3. The van der Waals surface area contributed by atoms with E-state index in [1.54, 1.807) is 24.3 Å². The molecule has 0 bridgehead atoms. The van der Waals surface area contributed by atoms with Crippen LogP contribution >= 0.6 is 11.6 Å². The Morgan fingerprint density at radius 2 is 1.85 bits per heavy atom. The third-order valence-corrected chi connectivity index (χ3v) is 4.40. The fourth-order valence-corrected chi connectivity index (χ4v) is 2.93. The number of hydrogen-bond donors (Lipinski definition) is 1. The number of carbonyl (C=O) groups excluding carboxylic acids is 1. The van der Waals surface area contributed by atoms with Crippen LogP contribution in [0.15, 0.2) is 54.3 Å². The van der Waals surface area contributed by atoms with Gasteiger partial charge in [0.1, 0.15) is 29.2 Å². The van der Waals surface area contributed by atoms with Crippen LogP contribution in [-0.4, -0.2) is 34.5 Å². The molecule has 0 spiro atoms. The molecule has 1 aliphatic rings. The molecule has 140 valence electrons. The zero-order valence-corrected chi connectivity index (χ0v) is 14.6. The maximum atomic E-state index is 13.9. The summed E-state index contributed by atoms with van der Waals surface area (Å²) in [6.07, 6.45) is 0.629. The smallest absolute Gasteiger partial charge is 0.326 e. The maximum absolute atomic E-state index is 13.9. The van der Waals surface area contributed by atoms with Crippen molar-refractivity contribution in [2.45, 2.75) is 12.5 Å². The molecule has 0 radical (unpaired) electrons. The van der Waals surface area contributed by atoms with Crippen molar-refractivity contribution in [3.05, 3.63) is 76.5 Å². The third kappa shape index (κ3) is 4.09. The van der Waals surface area contributed by atoms with Crippen LogP contribution in [0, 0.1) is 11.6 Å². The molecule has 1 amide bonds. The van der Waals surface area contributed by atoms with E-state index in [1.807, 2.05) is 0 Å². The van der Waals surface area contributed by atoms with Gasteiger partial charge in [0.05, 0.1) is 11.6 Å². The van der Waals surface area contributed by atoms with E-state index in [4.69, 9.17) is 16.3 Å². The van der Waals surface area contributed by atoms with Gasteiger partial charge >= 0.3 is 5.97 Å². The first-order valence-corrected chi connectivity index (χ1v) is 8.34. The third-order valence-electron chi connectivity index (χ3n) is 4.09. The van der Waals surface area contributed by atoms with Crippen LogP contribution in [0.2, 0.25) is 5.02 Å². The average Bonchev–Trinajstić information content (AvgIpc) is 2.96. The summed E-state index contributed by atoms with van der Waals surface area (Å²) in [4.78, 5) is 24.9. The molecular formula is C19H14ClF2NO4. The van der Waals surface area contributed by atoms with E-state index in [0.717, 1.165) is 23.1 Å². The predicted molar refractivity (Wildman–Crippen MR) is 93.4 cm³/mol. The lowest BCUT2D eigenvalue weighted by Crippen LogP contribution is -2.44. The van der Waals surface area contributed by atoms with Gasteiger partial charge in [0.15, 0.2) is 0 Å². The fourth-order valence-electron chi connectivity index (χ4n) is 2.76. The van der Waals surface area contributed by atoms with E-state index in [0.29, 0.717) is 10.8 Å². The van der Waals surface area contributed by atoms with Crippen LogP contribution in [0.1, 0.15) is 5.56 Å². The number of carboxylic acids is 1. The number of hydrogen-bond acceptors (Lipinski definition) is 3. The molecule has 5 nitrogen and oxygen atoms in total. The first-order valence-electron chi connectivity index (χ1n) is 7.96. The summed E-state index contributed by atoms with van der Waals surface area (Å²) in [5.74, 6) is -3.23. The van der Waals surface area contributed by atoms with Gasteiger partial charge in [-0.2, -0.15) is 0 Å². The molecule has 2 aromatic carbocycles. The Kier molecular flexibility index (Phi) is 5.41. The van der Waals surface area contributed by atoms with Gasteiger partial charge in [-0.15, -0.1) is 0 Å². The highest BCUT2D eigenvalue weighted by Crippen LogP contribution is 2.28. The summed E-state index contributed by atoms with van der Waals surface area (Å²) >= 11 is 6.00. The lowest BCUT2D eigenvalue weighted by atomic mass is 10.0. The highest BCUT2D eigenvalue weighted by molar-refractivity contribution is 6.32. The minimum atomic E-state index is -1.45. The Bertz CT molecular complexity index is 911. The van der Waals surface area contributed by atoms with E-state index in [2.05, 4.69) is 0 Å². The molecule has 0 aromatic heterocycles. The van der Waals surface area contributed by atoms with Crippen molar-refractivity contribution in [2.75, 3.05) is 6.54 Å². The van der Waals surface area contributed by atoms with Gasteiger partial charge in [0.2, 0.25) is 0 Å². The zero-order chi connectivity index (χ0) is 19.6. The molecule has 0 fully saturated rings. The minimum Gasteiger partial charge on any atom is -0.480 e. The van der Waals surface area contributed by atoms with Crippen molar-refractivity contribution in [3.63, 3.8) is 0 Å². The lowest BCUT2D eigenvalue weighted by Gasteiger charge is -2.25. The topological polar surface area (TPSA) is 66.8 Å². The fraction of sp³-hybridized carbons (Fsp3) is 0.158. The molecule has 1 N–H and O–H groups in total. The van der Waals surface area contributed by atoms with Crippen molar-refractivity contribution in [1.29, 1.82) is 0 Å². The van der Waals surface area contributed by atoms with Crippen LogP contribution < -0.4 is 4.74 Å². The number of carboxylic acid groups (broad SMARTS) is 1. The Hall–Kier alpha value is -2.93. The SMILES string of the molecule is O=C(O)C(Cc1c(F)cccc1F)N1CC(Oc2ccccc2Cl)=CC1=O. The van der Waals surface area contributed by atoms with E-state index in [1.165, 1.54) is 6.07 Å². The highest BCUT2D eigenvalue weighted by Gasteiger charge is 2.35. The Labute approximate surface area is 158 Å². The maximum Gasteiger partial charge on any atom is 0.326 e. The van der Waals surface area contributed by atoms with E-state index in [9.17, 15) is 23.5 Å². The lowest BCUT2D eigenvalue weighted by molar-refractivity contribution is -0.147. The standard InChI is InChI=1S/C19H14ClF2NO4/c20-13-4-1-2-7-17(13)27-11-8-18(24)23(10-11)16(19(25)26)9-12-14(21)5-3-6-15(12)22/h1-8,16H,9-10H2,(H,25,26). The molecule has 3 rings (SSSR count). The predicted octanol–water partition coefficient (Wildman–Crippen LogP) is 3.42. The van der Waals surface area contributed by atoms with Gasteiger partial charge < -0.3 is 14.7 Å². The van der Waals surface area contributed by atoms with E-state index in [-0.39, 0.29) is 12.3 Å². The van der Waals surface area contributed by atoms with E-state index < -0.39 is 41.5 Å². The Morgan fingerprint density at radius 1 is 1.19 bits per heavy atom. The van der Waals surface area contributed by atoms with E-state index >= 15 is 0 Å². The normalized spacial score (nSPS) is 14.9. The van der Waals surface area contributed by atoms with Crippen LogP contribution in [0.25, 0.3) is 0 Å². The summed E-state index contributed by atoms with van der Waals surface area (Å²) in [5, 5.41) is 9.82. The Balaban J connectivity index is 1.79. The van der Waals surface area contributed by atoms with Gasteiger partial charge in [-0.1, -0.05) is 29.8 Å². The molecule has 0 saturated heterocycles. The molecular weight excluding hydrogens is 380 g/mol. The van der Waals surface area contributed by atoms with Crippen molar-refractivity contribution < 1.29 is 28.2 Å². The van der Waals surface area contributed by atoms with Gasteiger partial charge in [0.25, 0.3) is 5.91 Å². The quantitative estimate of drug-likeness (QED) is 0.816. The molecule has 1 aliphatic heterocycles. The second kappa shape index (κ2) is 7.75. The molecule has 1 atom stereocenters. The zero-order valence-electron chi connectivity index (χ0n) is 13.9. The second-order valence-corrected chi connectivity index (χ2v) is 6.27. The monoisotopic (exact) mass is 393 g/mol. The molecule has 27 heavy (non-hydrogen) atoms. The number of benzene rings is 2. The highest BCUT2D eigenvalue weighted by atomic mass is 35.5. The number of rotatable bonds is 6. The number of nitrogens with zero attached hydrogens (tertiary/aromatic N) is 1. The first-order chi connectivity index (χ1) is 12.9. The van der Waals surface area contributed by atoms with Gasteiger partial charge in [-0.05, 0) is 24.3 Å². The van der Waals surface area contributed by atoms with Crippen molar-refractivity contribution >= 4 is 23.5 Å². The first kappa shape index (κ1) is 18.8. The molecule has 0 saturated carbocycles. The largest absolute Gasteiger partial charge is 0.480 e. The van der Waals surface area contributed by atoms with Crippen LogP contribution in [0.5, 0.6) is 5.75 Å². The molecule has 0 aliphatic carbocycles. The average molecular weight is 394 g/mol. The second-order valence-electron chi connectivity index (χ2n) is 5.87. The number of aliphatic carboxylic acids is 1.